The lowest BCUT2D eigenvalue weighted by Gasteiger charge is -2.24. The highest BCUT2D eigenvalue weighted by Crippen LogP contribution is 2.44. The van der Waals surface area contributed by atoms with Gasteiger partial charge in [-0.2, -0.15) is 0 Å². The molecular formula is C22H22O4. The fourth-order valence-corrected chi connectivity index (χ4v) is 3.38. The van der Waals surface area contributed by atoms with Crippen LogP contribution in [0.3, 0.4) is 0 Å². The Morgan fingerprint density at radius 1 is 1.15 bits per heavy atom. The van der Waals surface area contributed by atoms with E-state index in [1.165, 1.54) is 12.5 Å². The van der Waals surface area contributed by atoms with Crippen molar-refractivity contribution in [2.75, 3.05) is 0 Å². The van der Waals surface area contributed by atoms with E-state index in [1.54, 1.807) is 0 Å². The molecule has 0 atom stereocenters. The predicted octanol–water partition coefficient (Wildman–Crippen LogP) is 4.60. The number of esters is 2. The Morgan fingerprint density at radius 2 is 1.88 bits per heavy atom. The third-order valence-corrected chi connectivity index (χ3v) is 4.64. The zero-order chi connectivity index (χ0) is 18.8. The Kier molecular flexibility index (Phi) is 4.94. The molecule has 1 aliphatic rings. The van der Waals surface area contributed by atoms with E-state index in [-0.39, 0.29) is 5.97 Å². The second-order valence-electron chi connectivity index (χ2n) is 6.48. The van der Waals surface area contributed by atoms with Crippen molar-refractivity contribution in [3.63, 3.8) is 0 Å². The molecule has 0 saturated heterocycles. The number of carbonyl (C=O) groups excluding carboxylic acids is 2. The van der Waals surface area contributed by atoms with Crippen LogP contribution in [0.2, 0.25) is 0 Å². The Morgan fingerprint density at radius 3 is 2.54 bits per heavy atom. The van der Waals surface area contributed by atoms with Crippen molar-refractivity contribution >= 4 is 22.7 Å². The molecule has 0 bridgehead atoms. The molecule has 0 spiro atoms. The minimum atomic E-state index is -0.498. The zero-order valence-corrected chi connectivity index (χ0v) is 15.3. The van der Waals surface area contributed by atoms with Crippen LogP contribution in [-0.4, -0.2) is 11.9 Å². The van der Waals surface area contributed by atoms with Crippen molar-refractivity contribution in [1.29, 1.82) is 0 Å². The molecule has 4 nitrogen and oxygen atoms in total. The molecule has 0 aromatic heterocycles. The standard InChI is InChI=1S/C22H22O4/c1-5-15-8-10-17-19(12-15)22(26-20(24)6-2)16-9-7-13(3)11-18(16)21(17)25-14(4)23/h6-9,11H,2,5,10,12H2,1,3-4H3. The summed E-state index contributed by atoms with van der Waals surface area (Å²) < 4.78 is 11.3. The van der Waals surface area contributed by atoms with Gasteiger partial charge in [0.05, 0.1) is 0 Å². The molecule has 1 aliphatic carbocycles. The van der Waals surface area contributed by atoms with Crippen LogP contribution in [0.25, 0.3) is 10.8 Å². The number of aryl methyl sites for hydroxylation is 1. The van der Waals surface area contributed by atoms with Gasteiger partial charge in [0.15, 0.2) is 0 Å². The van der Waals surface area contributed by atoms with E-state index < -0.39 is 5.97 Å². The summed E-state index contributed by atoms with van der Waals surface area (Å²) >= 11 is 0. The molecule has 0 unspecified atom stereocenters. The van der Waals surface area contributed by atoms with E-state index in [9.17, 15) is 9.59 Å². The molecule has 0 N–H and O–H groups in total. The van der Waals surface area contributed by atoms with Crippen LogP contribution in [0.4, 0.5) is 0 Å². The Labute approximate surface area is 153 Å². The highest BCUT2D eigenvalue weighted by atomic mass is 16.5. The van der Waals surface area contributed by atoms with Gasteiger partial charge in [-0.15, -0.1) is 0 Å². The lowest BCUT2D eigenvalue weighted by atomic mass is 9.86. The molecule has 0 fully saturated rings. The maximum absolute atomic E-state index is 12.0. The molecule has 3 rings (SSSR count). The quantitative estimate of drug-likeness (QED) is 0.350. The van der Waals surface area contributed by atoms with Gasteiger partial charge in [-0.25, -0.2) is 4.79 Å². The fourth-order valence-electron chi connectivity index (χ4n) is 3.38. The number of fused-ring (bicyclic) bond motifs is 2. The van der Waals surface area contributed by atoms with E-state index >= 15 is 0 Å². The van der Waals surface area contributed by atoms with Crippen molar-refractivity contribution in [3.8, 4) is 11.5 Å². The van der Waals surface area contributed by atoms with Gasteiger partial charge in [0.1, 0.15) is 11.5 Å². The van der Waals surface area contributed by atoms with Gasteiger partial charge in [-0.3, -0.25) is 4.79 Å². The van der Waals surface area contributed by atoms with Gasteiger partial charge in [0.25, 0.3) is 0 Å². The third-order valence-electron chi connectivity index (χ3n) is 4.64. The average Bonchev–Trinajstić information content (AvgIpc) is 2.63. The first-order valence-corrected chi connectivity index (χ1v) is 8.73. The summed E-state index contributed by atoms with van der Waals surface area (Å²) in [6.45, 7) is 8.97. The number of benzene rings is 2. The number of hydrogen-bond donors (Lipinski definition) is 0. The van der Waals surface area contributed by atoms with Gasteiger partial charge >= 0.3 is 11.9 Å². The predicted molar refractivity (Wildman–Crippen MR) is 102 cm³/mol. The van der Waals surface area contributed by atoms with E-state index in [2.05, 4.69) is 19.6 Å². The smallest absolute Gasteiger partial charge is 0.335 e. The number of rotatable bonds is 4. The van der Waals surface area contributed by atoms with Gasteiger partial charge in [-0.05, 0) is 32.3 Å². The Hall–Kier alpha value is -2.88. The lowest BCUT2D eigenvalue weighted by molar-refractivity contribution is -0.132. The van der Waals surface area contributed by atoms with E-state index in [0.29, 0.717) is 24.3 Å². The van der Waals surface area contributed by atoms with E-state index in [4.69, 9.17) is 9.47 Å². The summed E-state index contributed by atoms with van der Waals surface area (Å²) in [6.07, 6.45) is 5.55. The van der Waals surface area contributed by atoms with Crippen LogP contribution in [0, 0.1) is 6.92 Å². The molecular weight excluding hydrogens is 328 g/mol. The van der Waals surface area contributed by atoms with Crippen molar-refractivity contribution < 1.29 is 19.1 Å². The second-order valence-corrected chi connectivity index (χ2v) is 6.48. The first-order chi connectivity index (χ1) is 12.4. The molecule has 0 heterocycles. The zero-order valence-electron chi connectivity index (χ0n) is 15.3. The highest BCUT2D eigenvalue weighted by molar-refractivity contribution is 6.00. The van der Waals surface area contributed by atoms with Crippen LogP contribution in [0.15, 0.2) is 42.5 Å². The molecule has 0 saturated carbocycles. The van der Waals surface area contributed by atoms with Gasteiger partial charge < -0.3 is 9.47 Å². The van der Waals surface area contributed by atoms with E-state index in [0.717, 1.165) is 40.0 Å². The van der Waals surface area contributed by atoms with Crippen LogP contribution in [0.5, 0.6) is 11.5 Å². The first-order valence-electron chi connectivity index (χ1n) is 8.73. The normalized spacial score (nSPS) is 13.0. The molecule has 0 aliphatic heterocycles. The number of hydrogen-bond acceptors (Lipinski definition) is 4. The van der Waals surface area contributed by atoms with Crippen molar-refractivity contribution in [2.24, 2.45) is 0 Å². The number of ether oxygens (including phenoxy) is 2. The minimum Gasteiger partial charge on any atom is -0.426 e. The molecule has 4 heteroatoms. The largest absolute Gasteiger partial charge is 0.426 e. The van der Waals surface area contributed by atoms with Crippen LogP contribution in [-0.2, 0) is 22.4 Å². The maximum atomic E-state index is 12.0. The summed E-state index contributed by atoms with van der Waals surface area (Å²) in [4.78, 5) is 23.7. The number of allylic oxidation sites excluding steroid dienone is 2. The third kappa shape index (κ3) is 3.27. The fraction of sp³-hybridized carbons (Fsp3) is 0.273. The first kappa shape index (κ1) is 17.9. The van der Waals surface area contributed by atoms with Crippen LogP contribution in [0.1, 0.15) is 37.0 Å². The van der Waals surface area contributed by atoms with E-state index in [1.807, 2.05) is 25.1 Å². The highest BCUT2D eigenvalue weighted by Gasteiger charge is 2.26. The Balaban J connectivity index is 2.35. The summed E-state index contributed by atoms with van der Waals surface area (Å²) in [6, 6.07) is 5.82. The van der Waals surface area contributed by atoms with Crippen molar-refractivity contribution in [3.05, 3.63) is 59.2 Å². The molecule has 134 valence electrons. The monoisotopic (exact) mass is 350 g/mol. The topological polar surface area (TPSA) is 52.6 Å². The summed E-state index contributed by atoms with van der Waals surface area (Å²) in [5, 5.41) is 1.54. The molecule has 2 aromatic carbocycles. The van der Waals surface area contributed by atoms with Crippen LogP contribution < -0.4 is 9.47 Å². The average molecular weight is 350 g/mol. The summed E-state index contributed by atoms with van der Waals surface area (Å²) in [5.41, 5.74) is 4.12. The molecule has 2 aromatic rings. The van der Waals surface area contributed by atoms with Crippen molar-refractivity contribution in [1.82, 2.24) is 0 Å². The van der Waals surface area contributed by atoms with Crippen molar-refractivity contribution in [2.45, 2.75) is 40.0 Å². The SMILES string of the molecule is C=CC(=O)Oc1c2c(c(OC(C)=O)c3cc(C)ccc13)CC=C(CC)C2. The second kappa shape index (κ2) is 7.16. The lowest BCUT2D eigenvalue weighted by Crippen LogP contribution is -2.14. The van der Waals surface area contributed by atoms with Crippen LogP contribution >= 0.6 is 0 Å². The summed E-state index contributed by atoms with van der Waals surface area (Å²) in [7, 11) is 0. The maximum Gasteiger partial charge on any atom is 0.335 e. The number of carbonyl (C=O) groups is 2. The molecule has 26 heavy (non-hydrogen) atoms. The minimum absolute atomic E-state index is 0.365. The molecule has 0 amide bonds. The molecule has 0 radical (unpaired) electrons. The van der Waals surface area contributed by atoms with Gasteiger partial charge in [0, 0.05) is 34.9 Å². The summed E-state index contributed by atoms with van der Waals surface area (Å²) in [5.74, 6) is 0.240. The van der Waals surface area contributed by atoms with Gasteiger partial charge in [-0.1, -0.05) is 42.8 Å². The Bertz CT molecular complexity index is 951. The van der Waals surface area contributed by atoms with Gasteiger partial charge in [0.2, 0.25) is 0 Å².